The van der Waals surface area contributed by atoms with Crippen LogP contribution in [0.1, 0.15) is 74.0 Å². The second-order valence-electron chi connectivity index (χ2n) is 11.2. The van der Waals surface area contributed by atoms with Crippen molar-refractivity contribution < 1.29 is 45.0 Å². The van der Waals surface area contributed by atoms with Crippen molar-refractivity contribution in [2.75, 3.05) is 12.8 Å². The summed E-state index contributed by atoms with van der Waals surface area (Å²) in [5, 5.41) is 13.0. The largest absolute Gasteiger partial charge is 0.431 e. The topological polar surface area (TPSA) is 123 Å². The number of amides is 1. The molecule has 2 aromatic heterocycles. The maximum atomic E-state index is 13.4. The Hall–Kier alpha value is -2.81. The van der Waals surface area contributed by atoms with Crippen LogP contribution in [0.3, 0.4) is 0 Å². The number of nitrogens with zero attached hydrogens (tertiary/aromatic N) is 3. The van der Waals surface area contributed by atoms with E-state index >= 15 is 0 Å². The fourth-order valence-electron chi connectivity index (χ4n) is 4.89. The summed E-state index contributed by atoms with van der Waals surface area (Å²) >= 11 is 0. The zero-order valence-electron chi connectivity index (χ0n) is 23.5. The predicted molar refractivity (Wildman–Crippen MR) is 140 cm³/mol. The monoisotopic (exact) mass is 610 g/mol. The predicted octanol–water partition coefficient (Wildman–Crippen LogP) is 4.32. The van der Waals surface area contributed by atoms with Crippen LogP contribution in [0.25, 0.3) is 5.82 Å². The van der Waals surface area contributed by atoms with Crippen LogP contribution < -0.4 is 10.1 Å². The van der Waals surface area contributed by atoms with Crippen molar-refractivity contribution in [1.29, 1.82) is 0 Å². The summed E-state index contributed by atoms with van der Waals surface area (Å²) in [4.78, 5) is 21.6. The van der Waals surface area contributed by atoms with Crippen molar-refractivity contribution in [3.8, 4) is 11.6 Å². The van der Waals surface area contributed by atoms with E-state index in [1.54, 1.807) is 6.92 Å². The van der Waals surface area contributed by atoms with Gasteiger partial charge in [0.2, 0.25) is 0 Å². The molecule has 1 aliphatic carbocycles. The summed E-state index contributed by atoms with van der Waals surface area (Å²) in [7, 11) is -3.24. The Morgan fingerprint density at radius 3 is 2.39 bits per heavy atom. The van der Waals surface area contributed by atoms with E-state index in [2.05, 4.69) is 20.0 Å². The number of aliphatic hydroxyl groups is 1. The first-order chi connectivity index (χ1) is 18.8. The van der Waals surface area contributed by atoms with Gasteiger partial charge in [0.25, 0.3) is 5.91 Å². The second kappa shape index (κ2) is 11.8. The molecule has 0 spiro atoms. The number of halogens is 5. The van der Waals surface area contributed by atoms with Crippen LogP contribution in [0.15, 0.2) is 12.3 Å². The van der Waals surface area contributed by atoms with E-state index in [-0.39, 0.29) is 67.2 Å². The molecular formula is C26H35F5N4O5S. The van der Waals surface area contributed by atoms with Crippen LogP contribution in [-0.4, -0.2) is 70.4 Å². The first-order valence-electron chi connectivity index (χ1n) is 13.1. The molecule has 1 fully saturated rings. The van der Waals surface area contributed by atoms with Crippen LogP contribution in [0.4, 0.5) is 22.0 Å². The average molecular weight is 611 g/mol. The summed E-state index contributed by atoms with van der Waals surface area (Å²) in [5.74, 6) is -1.04. The lowest BCUT2D eigenvalue weighted by molar-refractivity contribution is -0.211. The molecule has 9 nitrogen and oxygen atoms in total. The SMILES string of the molecule is CCc1nc(C(=O)NC[C@]2(O)CC[C@@H](S(C)(=O)=O)CC2)c(C)n1-c1ncc(CC(C)(C)C(F)(F)F)cc1OC(F)F. The lowest BCUT2D eigenvalue weighted by Crippen LogP contribution is -2.47. The Bertz CT molecular complexity index is 1370. The van der Waals surface area contributed by atoms with Gasteiger partial charge in [0.05, 0.1) is 22.0 Å². The molecule has 0 aromatic carbocycles. The van der Waals surface area contributed by atoms with Crippen molar-refractivity contribution >= 4 is 15.7 Å². The molecule has 1 aliphatic rings. The third-order valence-electron chi connectivity index (χ3n) is 7.49. The maximum absolute atomic E-state index is 13.4. The number of hydrogen-bond donors (Lipinski definition) is 2. The molecule has 0 atom stereocenters. The molecule has 0 bridgehead atoms. The standard InChI is InChI=1S/C26H35F5N4O5S/c1-6-19-34-20(22(36)33-14-25(37)9-7-17(8-10-25)41(5,38)39)15(2)35(19)21-18(40-23(27)28)11-16(13-32-21)12-24(3,4)26(29,30)31/h11,13,17,23,37H,6-10,12,14H2,1-5H3,(H,33,36)/t17-,25+. The molecule has 0 aliphatic heterocycles. The minimum atomic E-state index is -4.55. The molecule has 2 heterocycles. The molecule has 1 amide bonds. The highest BCUT2D eigenvalue weighted by Gasteiger charge is 2.47. The molecule has 0 saturated heterocycles. The number of pyridine rings is 1. The molecule has 15 heteroatoms. The molecule has 3 rings (SSSR count). The van der Waals surface area contributed by atoms with E-state index in [0.717, 1.165) is 32.4 Å². The van der Waals surface area contributed by atoms with Gasteiger partial charge in [-0.05, 0) is 50.7 Å². The fraction of sp³-hybridized carbons (Fsp3) is 0.654. The van der Waals surface area contributed by atoms with Gasteiger partial charge in [-0.3, -0.25) is 9.36 Å². The number of carbonyl (C=O) groups is 1. The Morgan fingerprint density at radius 1 is 1.27 bits per heavy atom. The van der Waals surface area contributed by atoms with Gasteiger partial charge in [0.1, 0.15) is 21.4 Å². The molecule has 1 saturated carbocycles. The number of aryl methyl sites for hydroxylation is 1. The van der Waals surface area contributed by atoms with Crippen molar-refractivity contribution in [1.82, 2.24) is 19.9 Å². The number of imidazole rings is 1. The van der Waals surface area contributed by atoms with E-state index in [9.17, 15) is 40.3 Å². The fourth-order valence-corrected chi connectivity index (χ4v) is 5.98. The van der Waals surface area contributed by atoms with Crippen LogP contribution in [0.2, 0.25) is 0 Å². The normalized spacial score (nSPS) is 20.3. The summed E-state index contributed by atoms with van der Waals surface area (Å²) in [6, 6.07) is 1.07. The van der Waals surface area contributed by atoms with Crippen molar-refractivity contribution in [3.63, 3.8) is 0 Å². The quantitative estimate of drug-likeness (QED) is 0.384. The summed E-state index contributed by atoms with van der Waals surface area (Å²) in [6.07, 6.45) is -1.68. The number of sulfone groups is 1. The molecule has 2 aromatic rings. The van der Waals surface area contributed by atoms with Gasteiger partial charge >= 0.3 is 12.8 Å². The highest BCUT2D eigenvalue weighted by Crippen LogP contribution is 2.41. The zero-order valence-corrected chi connectivity index (χ0v) is 24.3. The maximum Gasteiger partial charge on any atom is 0.394 e. The number of rotatable bonds is 10. The smallest absolute Gasteiger partial charge is 0.394 e. The van der Waals surface area contributed by atoms with Gasteiger partial charge in [-0.2, -0.15) is 22.0 Å². The number of alkyl halides is 5. The molecule has 0 radical (unpaired) electrons. The van der Waals surface area contributed by atoms with Gasteiger partial charge in [-0.1, -0.05) is 20.8 Å². The summed E-state index contributed by atoms with van der Waals surface area (Å²) in [6.45, 7) is 1.73. The van der Waals surface area contributed by atoms with E-state index in [0.29, 0.717) is 0 Å². The molecule has 0 unspecified atom stereocenters. The highest BCUT2D eigenvalue weighted by molar-refractivity contribution is 7.91. The average Bonchev–Trinajstić information content (AvgIpc) is 3.17. The summed E-state index contributed by atoms with van der Waals surface area (Å²) < 4.78 is 96.4. The van der Waals surface area contributed by atoms with Gasteiger partial charge < -0.3 is 15.2 Å². The van der Waals surface area contributed by atoms with E-state index in [4.69, 9.17) is 0 Å². The first kappa shape index (κ1) is 32.7. The van der Waals surface area contributed by atoms with Crippen LogP contribution >= 0.6 is 0 Å². The van der Waals surface area contributed by atoms with Gasteiger partial charge in [-0.25, -0.2) is 18.4 Å². The van der Waals surface area contributed by atoms with E-state index in [1.165, 1.54) is 11.5 Å². The third kappa shape index (κ3) is 7.53. The second-order valence-corrected chi connectivity index (χ2v) is 13.5. The third-order valence-corrected chi connectivity index (χ3v) is 9.17. The Labute approximate surface area is 235 Å². The molecule has 2 N–H and O–H groups in total. The minimum Gasteiger partial charge on any atom is -0.431 e. The summed E-state index contributed by atoms with van der Waals surface area (Å²) in [5.41, 5.74) is -3.29. The van der Waals surface area contributed by atoms with Crippen molar-refractivity contribution in [2.45, 2.75) is 89.9 Å². The molecular weight excluding hydrogens is 575 g/mol. The van der Waals surface area contributed by atoms with E-state index < -0.39 is 57.0 Å². The zero-order chi connectivity index (χ0) is 31.0. The van der Waals surface area contributed by atoms with Gasteiger partial charge in [0, 0.05) is 25.4 Å². The van der Waals surface area contributed by atoms with Crippen molar-refractivity contribution in [3.05, 3.63) is 35.0 Å². The Morgan fingerprint density at radius 2 is 1.88 bits per heavy atom. The van der Waals surface area contributed by atoms with Crippen LogP contribution in [-0.2, 0) is 22.7 Å². The molecule has 230 valence electrons. The van der Waals surface area contributed by atoms with Crippen LogP contribution in [0.5, 0.6) is 5.75 Å². The number of nitrogens with one attached hydrogen (secondary N) is 1. The highest BCUT2D eigenvalue weighted by atomic mass is 32.2. The number of hydrogen-bond acceptors (Lipinski definition) is 7. The minimum absolute atomic E-state index is 0.0272. The first-order valence-corrected chi connectivity index (χ1v) is 15.0. The lowest BCUT2D eigenvalue weighted by atomic mass is 9.84. The number of carbonyl (C=O) groups excluding carboxylic acids is 1. The van der Waals surface area contributed by atoms with Crippen molar-refractivity contribution in [2.24, 2.45) is 5.41 Å². The van der Waals surface area contributed by atoms with E-state index in [1.807, 2.05) is 0 Å². The van der Waals surface area contributed by atoms with Gasteiger partial charge in [0.15, 0.2) is 11.6 Å². The lowest BCUT2D eigenvalue weighted by Gasteiger charge is -2.35. The Kier molecular flexibility index (Phi) is 9.43. The number of aromatic nitrogens is 3. The van der Waals surface area contributed by atoms with Gasteiger partial charge in [-0.15, -0.1) is 0 Å². The Balaban J connectivity index is 1.89. The number of ether oxygens (including phenoxy) is 1. The molecule has 41 heavy (non-hydrogen) atoms. The van der Waals surface area contributed by atoms with Crippen LogP contribution in [0, 0.1) is 12.3 Å².